The molecule has 0 aromatic heterocycles. The van der Waals surface area contributed by atoms with Crippen molar-refractivity contribution in [1.82, 2.24) is 0 Å². The third kappa shape index (κ3) is 7.65. The molecule has 2 N–H and O–H groups in total. The molecule has 0 amide bonds. The molecule has 2 unspecified atom stereocenters. The predicted molar refractivity (Wildman–Crippen MR) is 65.9 cm³/mol. The zero-order valence-corrected chi connectivity index (χ0v) is 10.6. The molecule has 0 aromatic rings. The van der Waals surface area contributed by atoms with Crippen molar-refractivity contribution in [2.45, 2.75) is 50.8 Å². The van der Waals surface area contributed by atoms with Crippen molar-refractivity contribution in [2.24, 2.45) is 5.73 Å². The summed E-state index contributed by atoms with van der Waals surface area (Å²) < 4.78 is 5.51. The Morgan fingerprint density at radius 3 is 2.57 bits per heavy atom. The highest BCUT2D eigenvalue weighted by Gasteiger charge is 2.10. The molecule has 0 saturated heterocycles. The van der Waals surface area contributed by atoms with Gasteiger partial charge in [-0.15, -0.1) is 0 Å². The van der Waals surface area contributed by atoms with Crippen molar-refractivity contribution < 1.29 is 4.74 Å². The zero-order valence-electron chi connectivity index (χ0n) is 9.79. The predicted octanol–water partition coefficient (Wildman–Crippen LogP) is 2.66. The van der Waals surface area contributed by atoms with Crippen molar-refractivity contribution in [3.8, 4) is 0 Å². The molecule has 0 radical (unpaired) electrons. The maximum absolute atomic E-state index is 5.97. The Kier molecular flexibility index (Phi) is 10.0. The number of hydrogen-bond donors (Lipinski definition) is 1. The Bertz CT molecular complexity index is 122. The van der Waals surface area contributed by atoms with Crippen molar-refractivity contribution in [1.29, 1.82) is 0 Å². The first-order valence-corrected chi connectivity index (χ1v) is 6.87. The lowest BCUT2D eigenvalue weighted by Gasteiger charge is -2.17. The van der Waals surface area contributed by atoms with Crippen LogP contribution in [0.5, 0.6) is 0 Å². The molecule has 0 rings (SSSR count). The Labute approximate surface area is 93.0 Å². The molecular formula is C11H25NOS. The quantitative estimate of drug-likeness (QED) is 0.606. The maximum atomic E-state index is 5.97. The zero-order chi connectivity index (χ0) is 10.8. The van der Waals surface area contributed by atoms with E-state index in [1.54, 1.807) is 0 Å². The number of thioether (sulfide) groups is 1. The highest BCUT2D eigenvalue weighted by molar-refractivity contribution is 7.99. The lowest BCUT2D eigenvalue weighted by molar-refractivity contribution is 0.123. The Hall–Kier alpha value is 0.270. The van der Waals surface area contributed by atoms with Crippen LogP contribution in [0.15, 0.2) is 0 Å². The second-order valence-corrected chi connectivity index (χ2v) is 4.93. The highest BCUT2D eigenvalue weighted by Crippen LogP contribution is 2.10. The second kappa shape index (κ2) is 9.81. The minimum Gasteiger partial charge on any atom is -0.381 e. The first-order valence-electron chi connectivity index (χ1n) is 5.58. The van der Waals surface area contributed by atoms with Gasteiger partial charge in [0.15, 0.2) is 0 Å². The topological polar surface area (TPSA) is 35.2 Å². The normalized spacial score (nSPS) is 15.4. The van der Waals surface area contributed by atoms with Crippen LogP contribution in [0.4, 0.5) is 0 Å². The summed E-state index contributed by atoms with van der Waals surface area (Å²) >= 11 is 1.82. The fourth-order valence-corrected chi connectivity index (χ4v) is 1.67. The second-order valence-electron chi connectivity index (χ2n) is 3.71. The molecule has 0 aliphatic heterocycles. The number of hydrogen-bond acceptors (Lipinski definition) is 3. The molecular weight excluding hydrogens is 194 g/mol. The molecule has 0 fully saturated rings. The maximum Gasteiger partial charge on any atom is 0.0481 e. The first-order chi connectivity index (χ1) is 6.72. The molecule has 2 atom stereocenters. The van der Waals surface area contributed by atoms with Gasteiger partial charge in [-0.2, -0.15) is 11.8 Å². The summed E-state index contributed by atoms with van der Waals surface area (Å²) in [6.45, 7) is 6.09. The summed E-state index contributed by atoms with van der Waals surface area (Å²) in [5.74, 6) is 0. The Morgan fingerprint density at radius 1 is 1.29 bits per heavy atom. The van der Waals surface area contributed by atoms with Gasteiger partial charge in [-0.05, 0) is 19.1 Å². The summed E-state index contributed by atoms with van der Waals surface area (Å²) in [6, 6.07) is 0.274. The van der Waals surface area contributed by atoms with E-state index in [0.717, 1.165) is 19.6 Å². The minimum absolute atomic E-state index is 0.274. The van der Waals surface area contributed by atoms with E-state index in [9.17, 15) is 0 Å². The average Bonchev–Trinajstić information content (AvgIpc) is 2.21. The third-order valence-electron chi connectivity index (χ3n) is 2.46. The van der Waals surface area contributed by atoms with Crippen LogP contribution in [0.2, 0.25) is 0 Å². The van der Waals surface area contributed by atoms with Crippen LogP contribution in [0.25, 0.3) is 0 Å². The molecule has 0 aromatic carbocycles. The van der Waals surface area contributed by atoms with Gasteiger partial charge in [0, 0.05) is 24.5 Å². The number of nitrogens with two attached hydrogens (primary N) is 1. The van der Waals surface area contributed by atoms with Gasteiger partial charge >= 0.3 is 0 Å². The Morgan fingerprint density at radius 2 is 2.00 bits per heavy atom. The van der Waals surface area contributed by atoms with Crippen molar-refractivity contribution in [3.63, 3.8) is 0 Å². The molecule has 0 spiro atoms. The van der Waals surface area contributed by atoms with Crippen molar-refractivity contribution in [3.05, 3.63) is 0 Å². The number of rotatable bonds is 9. The van der Waals surface area contributed by atoms with Gasteiger partial charge in [-0.25, -0.2) is 0 Å². The van der Waals surface area contributed by atoms with Crippen LogP contribution in [-0.2, 0) is 4.74 Å². The fraction of sp³-hybridized carbons (Fsp3) is 1.00. The molecule has 14 heavy (non-hydrogen) atoms. The first kappa shape index (κ1) is 14.3. The van der Waals surface area contributed by atoms with E-state index in [1.165, 1.54) is 19.3 Å². The van der Waals surface area contributed by atoms with Gasteiger partial charge in [0.1, 0.15) is 0 Å². The summed E-state index contributed by atoms with van der Waals surface area (Å²) in [7, 11) is 0. The molecule has 0 heterocycles. The lowest BCUT2D eigenvalue weighted by Crippen LogP contribution is -2.31. The van der Waals surface area contributed by atoms with E-state index in [2.05, 4.69) is 20.1 Å². The number of ether oxygens (including phenoxy) is 1. The summed E-state index contributed by atoms with van der Waals surface area (Å²) in [6.07, 6.45) is 6.80. The van der Waals surface area contributed by atoms with Gasteiger partial charge < -0.3 is 10.5 Å². The van der Waals surface area contributed by atoms with E-state index in [0.29, 0.717) is 5.25 Å². The largest absolute Gasteiger partial charge is 0.381 e. The summed E-state index contributed by atoms with van der Waals surface area (Å²) in [5, 5.41) is 0.536. The van der Waals surface area contributed by atoms with Gasteiger partial charge in [-0.3, -0.25) is 0 Å². The molecule has 3 heteroatoms. The average molecular weight is 219 g/mol. The van der Waals surface area contributed by atoms with E-state index < -0.39 is 0 Å². The molecule has 86 valence electrons. The third-order valence-corrected chi connectivity index (χ3v) is 3.56. The van der Waals surface area contributed by atoms with Crippen molar-refractivity contribution >= 4 is 11.8 Å². The summed E-state index contributed by atoms with van der Waals surface area (Å²) in [5.41, 5.74) is 5.97. The molecule has 0 aliphatic carbocycles. The van der Waals surface area contributed by atoms with Crippen molar-refractivity contribution in [2.75, 3.05) is 19.5 Å². The number of unbranched alkanes of at least 4 members (excludes halogenated alkanes) is 2. The highest BCUT2D eigenvalue weighted by atomic mass is 32.2. The van der Waals surface area contributed by atoms with Crippen LogP contribution >= 0.6 is 11.8 Å². The van der Waals surface area contributed by atoms with Crippen LogP contribution in [0.1, 0.15) is 39.5 Å². The lowest BCUT2D eigenvalue weighted by atomic mass is 10.2. The van der Waals surface area contributed by atoms with Crippen LogP contribution < -0.4 is 5.73 Å². The Balaban J connectivity index is 3.18. The van der Waals surface area contributed by atoms with Crippen LogP contribution in [0, 0.1) is 0 Å². The molecule has 0 saturated carbocycles. The standard InChI is InChI=1S/C11H25NOS/c1-4-5-6-8-13-9-7-11(12)10(2)14-3/h10-11H,4-9,12H2,1-3H3. The van der Waals surface area contributed by atoms with Crippen LogP contribution in [-0.4, -0.2) is 30.8 Å². The monoisotopic (exact) mass is 219 g/mol. The van der Waals surface area contributed by atoms with Gasteiger partial charge in [0.05, 0.1) is 0 Å². The van der Waals surface area contributed by atoms with E-state index in [-0.39, 0.29) is 6.04 Å². The van der Waals surface area contributed by atoms with Crippen LogP contribution in [0.3, 0.4) is 0 Å². The van der Waals surface area contributed by atoms with E-state index >= 15 is 0 Å². The SMILES string of the molecule is CCCCCOCCC(N)C(C)SC. The molecule has 0 bridgehead atoms. The smallest absolute Gasteiger partial charge is 0.0481 e. The summed E-state index contributed by atoms with van der Waals surface area (Å²) in [4.78, 5) is 0. The van der Waals surface area contributed by atoms with E-state index in [1.807, 2.05) is 11.8 Å². The fourth-order valence-electron chi connectivity index (χ4n) is 1.19. The molecule has 2 nitrogen and oxygen atoms in total. The van der Waals surface area contributed by atoms with Gasteiger partial charge in [0.2, 0.25) is 0 Å². The molecule has 0 aliphatic rings. The van der Waals surface area contributed by atoms with Gasteiger partial charge in [0.25, 0.3) is 0 Å². The van der Waals surface area contributed by atoms with Gasteiger partial charge in [-0.1, -0.05) is 26.7 Å². The van der Waals surface area contributed by atoms with E-state index in [4.69, 9.17) is 10.5 Å². The minimum atomic E-state index is 0.274.